The van der Waals surface area contributed by atoms with Crippen LogP contribution in [0.25, 0.3) is 21.6 Å². The Bertz CT molecular complexity index is 820. The van der Waals surface area contributed by atoms with Crippen molar-refractivity contribution in [3.63, 3.8) is 0 Å². The van der Waals surface area contributed by atoms with E-state index in [1.165, 1.54) is 11.3 Å². The van der Waals surface area contributed by atoms with Gasteiger partial charge in [0.25, 0.3) is 0 Å². The molecular formula is C14H10Cl2N2O2S. The van der Waals surface area contributed by atoms with Crippen molar-refractivity contribution < 1.29 is 9.47 Å². The van der Waals surface area contributed by atoms with E-state index in [1.54, 1.807) is 32.4 Å². The van der Waals surface area contributed by atoms with Crippen LogP contribution in [0.3, 0.4) is 0 Å². The Morgan fingerprint density at radius 3 is 2.52 bits per heavy atom. The molecule has 0 aliphatic carbocycles. The maximum Gasteiger partial charge on any atom is 0.173 e. The van der Waals surface area contributed by atoms with E-state index in [0.717, 1.165) is 4.88 Å². The van der Waals surface area contributed by atoms with Crippen LogP contribution in [0.4, 0.5) is 0 Å². The van der Waals surface area contributed by atoms with E-state index in [9.17, 15) is 0 Å². The predicted octanol–water partition coefficient (Wildman–Crippen LogP) is 4.68. The first-order chi connectivity index (χ1) is 10.1. The molecule has 2 aromatic heterocycles. The van der Waals surface area contributed by atoms with Gasteiger partial charge in [-0.1, -0.05) is 23.2 Å². The Labute approximate surface area is 135 Å². The number of ether oxygens (including phenoxy) is 2. The van der Waals surface area contributed by atoms with E-state index in [2.05, 4.69) is 9.97 Å². The van der Waals surface area contributed by atoms with E-state index >= 15 is 0 Å². The number of fused-ring (bicyclic) bond motifs is 1. The standard InChI is InChI=1S/C14H10Cl2N2O2S/c1-19-7-5-9-11(10(6-7)20-2)13(16)18-14(17-9)12-8(15)3-4-21-12/h3-6H,1-2H3. The van der Waals surface area contributed by atoms with Gasteiger partial charge in [0.05, 0.1) is 35.0 Å². The minimum absolute atomic E-state index is 0.318. The quantitative estimate of drug-likeness (QED) is 0.649. The van der Waals surface area contributed by atoms with Crippen LogP contribution in [-0.4, -0.2) is 24.2 Å². The zero-order chi connectivity index (χ0) is 15.0. The van der Waals surface area contributed by atoms with Crippen LogP contribution in [0.5, 0.6) is 11.5 Å². The van der Waals surface area contributed by atoms with Crippen LogP contribution in [0.1, 0.15) is 0 Å². The summed E-state index contributed by atoms with van der Waals surface area (Å²) in [5, 5.41) is 3.45. The first-order valence-corrected chi connectivity index (χ1v) is 7.60. The average molecular weight is 341 g/mol. The number of hydrogen-bond donors (Lipinski definition) is 0. The number of aromatic nitrogens is 2. The van der Waals surface area contributed by atoms with Crippen molar-refractivity contribution in [2.75, 3.05) is 14.2 Å². The van der Waals surface area contributed by atoms with Crippen molar-refractivity contribution >= 4 is 45.4 Å². The van der Waals surface area contributed by atoms with Gasteiger partial charge in [-0.2, -0.15) is 0 Å². The SMILES string of the molecule is COc1cc(OC)c2c(Cl)nc(-c3sccc3Cl)nc2c1. The third-order valence-corrected chi connectivity index (χ3v) is 4.58. The summed E-state index contributed by atoms with van der Waals surface area (Å²) in [5.74, 6) is 1.69. The van der Waals surface area contributed by atoms with Gasteiger partial charge in [-0.3, -0.25) is 0 Å². The van der Waals surface area contributed by atoms with Crippen LogP contribution >= 0.6 is 34.5 Å². The first-order valence-electron chi connectivity index (χ1n) is 5.96. The van der Waals surface area contributed by atoms with Crippen molar-refractivity contribution in [2.24, 2.45) is 0 Å². The summed E-state index contributed by atoms with van der Waals surface area (Å²) < 4.78 is 10.6. The van der Waals surface area contributed by atoms with Crippen LogP contribution in [0.2, 0.25) is 10.2 Å². The summed E-state index contributed by atoms with van der Waals surface area (Å²) in [6.07, 6.45) is 0. The van der Waals surface area contributed by atoms with Crippen molar-refractivity contribution in [3.8, 4) is 22.2 Å². The molecule has 0 aliphatic rings. The predicted molar refractivity (Wildman–Crippen MR) is 86.0 cm³/mol. The van der Waals surface area contributed by atoms with Gasteiger partial charge in [-0.05, 0) is 11.4 Å². The fourth-order valence-corrected chi connectivity index (χ4v) is 3.34. The fourth-order valence-electron chi connectivity index (χ4n) is 1.99. The number of hydrogen-bond acceptors (Lipinski definition) is 5. The third-order valence-electron chi connectivity index (χ3n) is 2.97. The Hall–Kier alpha value is -1.56. The zero-order valence-electron chi connectivity index (χ0n) is 11.2. The molecule has 108 valence electrons. The summed E-state index contributed by atoms with van der Waals surface area (Å²) in [6.45, 7) is 0. The van der Waals surface area contributed by atoms with Gasteiger partial charge in [-0.15, -0.1) is 11.3 Å². The van der Waals surface area contributed by atoms with E-state index in [0.29, 0.717) is 38.4 Å². The number of halogens is 2. The molecule has 0 radical (unpaired) electrons. The van der Waals surface area contributed by atoms with E-state index in [4.69, 9.17) is 32.7 Å². The summed E-state index contributed by atoms with van der Waals surface area (Å²) in [4.78, 5) is 9.64. The second-order valence-electron chi connectivity index (χ2n) is 4.16. The number of thiophene rings is 1. The first kappa shape index (κ1) is 14.4. The molecule has 0 spiro atoms. The molecule has 3 aromatic rings. The summed E-state index contributed by atoms with van der Waals surface area (Å²) in [5.41, 5.74) is 0.644. The minimum Gasteiger partial charge on any atom is -0.497 e. The Morgan fingerprint density at radius 2 is 1.90 bits per heavy atom. The highest BCUT2D eigenvalue weighted by molar-refractivity contribution is 7.14. The van der Waals surface area contributed by atoms with Crippen molar-refractivity contribution in [1.29, 1.82) is 0 Å². The van der Waals surface area contributed by atoms with Crippen molar-refractivity contribution in [1.82, 2.24) is 9.97 Å². The van der Waals surface area contributed by atoms with Gasteiger partial charge in [0.15, 0.2) is 5.82 Å². The lowest BCUT2D eigenvalue weighted by molar-refractivity contribution is 0.398. The van der Waals surface area contributed by atoms with Crippen LogP contribution < -0.4 is 9.47 Å². The molecule has 0 amide bonds. The topological polar surface area (TPSA) is 44.2 Å². The molecule has 0 N–H and O–H groups in total. The van der Waals surface area contributed by atoms with Gasteiger partial charge < -0.3 is 9.47 Å². The molecule has 7 heteroatoms. The zero-order valence-corrected chi connectivity index (χ0v) is 13.5. The largest absolute Gasteiger partial charge is 0.497 e. The molecular weight excluding hydrogens is 331 g/mol. The molecule has 0 fully saturated rings. The second kappa shape index (κ2) is 5.67. The van der Waals surface area contributed by atoms with E-state index in [-0.39, 0.29) is 0 Å². The molecule has 0 saturated heterocycles. The third kappa shape index (κ3) is 2.52. The molecule has 1 aromatic carbocycles. The Balaban J connectivity index is 2.30. The lowest BCUT2D eigenvalue weighted by Gasteiger charge is -2.10. The molecule has 0 atom stereocenters. The number of benzene rings is 1. The monoisotopic (exact) mass is 340 g/mol. The highest BCUT2D eigenvalue weighted by atomic mass is 35.5. The number of methoxy groups -OCH3 is 2. The van der Waals surface area contributed by atoms with Gasteiger partial charge >= 0.3 is 0 Å². The molecule has 2 heterocycles. The fraction of sp³-hybridized carbons (Fsp3) is 0.143. The Kier molecular flexibility index (Phi) is 3.89. The smallest absolute Gasteiger partial charge is 0.173 e. The van der Waals surface area contributed by atoms with Gasteiger partial charge in [0.1, 0.15) is 16.7 Å². The van der Waals surface area contributed by atoms with Gasteiger partial charge in [0.2, 0.25) is 0 Å². The van der Waals surface area contributed by atoms with E-state index in [1.807, 2.05) is 5.38 Å². The average Bonchev–Trinajstić information content (AvgIpc) is 2.91. The molecule has 0 unspecified atom stereocenters. The van der Waals surface area contributed by atoms with Crippen molar-refractivity contribution in [3.05, 3.63) is 33.8 Å². The Morgan fingerprint density at radius 1 is 1.10 bits per heavy atom. The minimum atomic E-state index is 0.318. The normalized spacial score (nSPS) is 10.9. The maximum absolute atomic E-state index is 6.30. The molecule has 21 heavy (non-hydrogen) atoms. The molecule has 4 nitrogen and oxygen atoms in total. The summed E-state index contributed by atoms with van der Waals surface area (Å²) in [7, 11) is 3.15. The molecule has 3 rings (SSSR count). The number of rotatable bonds is 3. The van der Waals surface area contributed by atoms with Gasteiger partial charge in [-0.25, -0.2) is 9.97 Å². The van der Waals surface area contributed by atoms with Crippen molar-refractivity contribution in [2.45, 2.75) is 0 Å². The molecule has 0 aliphatic heterocycles. The summed E-state index contributed by atoms with van der Waals surface area (Å²) >= 11 is 13.9. The van der Waals surface area contributed by atoms with E-state index < -0.39 is 0 Å². The lowest BCUT2D eigenvalue weighted by atomic mass is 10.2. The molecule has 0 saturated carbocycles. The lowest BCUT2D eigenvalue weighted by Crippen LogP contribution is -1.95. The number of nitrogens with zero attached hydrogens (tertiary/aromatic N) is 2. The van der Waals surface area contributed by atoms with Crippen LogP contribution in [0, 0.1) is 0 Å². The van der Waals surface area contributed by atoms with Gasteiger partial charge in [0, 0.05) is 12.1 Å². The highest BCUT2D eigenvalue weighted by Gasteiger charge is 2.16. The van der Waals surface area contributed by atoms with Crippen LogP contribution in [-0.2, 0) is 0 Å². The maximum atomic E-state index is 6.30. The van der Waals surface area contributed by atoms with Crippen LogP contribution in [0.15, 0.2) is 23.6 Å². The molecule has 0 bridgehead atoms. The summed E-state index contributed by atoms with van der Waals surface area (Å²) in [6, 6.07) is 5.33. The second-order valence-corrected chi connectivity index (χ2v) is 5.84. The highest BCUT2D eigenvalue weighted by Crippen LogP contribution is 2.37.